The van der Waals surface area contributed by atoms with Crippen molar-refractivity contribution in [3.05, 3.63) is 105 Å². The van der Waals surface area contributed by atoms with Crippen molar-refractivity contribution in [1.82, 2.24) is 0 Å². The van der Waals surface area contributed by atoms with Gasteiger partial charge in [0, 0.05) is 27.7 Å². The van der Waals surface area contributed by atoms with Crippen molar-refractivity contribution in [2.45, 2.75) is 82.2 Å². The van der Waals surface area contributed by atoms with Crippen LogP contribution in [0, 0.1) is 6.92 Å². The van der Waals surface area contributed by atoms with Crippen LogP contribution in [0.5, 0.6) is 11.5 Å². The minimum atomic E-state index is -5.11. The lowest BCUT2D eigenvalue weighted by molar-refractivity contribution is -0.143. The van der Waals surface area contributed by atoms with E-state index in [-0.39, 0.29) is 46.9 Å². The zero-order valence-corrected chi connectivity index (χ0v) is 26.5. The van der Waals surface area contributed by atoms with Crippen molar-refractivity contribution in [3.63, 3.8) is 0 Å². The topological polar surface area (TPSA) is 40.5 Å². The molecule has 48 heavy (non-hydrogen) atoms. The van der Waals surface area contributed by atoms with Gasteiger partial charge in [-0.1, -0.05) is 58.0 Å². The molecule has 4 aromatic carbocycles. The second kappa shape index (κ2) is 10.2. The quantitative estimate of drug-likeness (QED) is 0.207. The van der Waals surface area contributed by atoms with E-state index in [4.69, 9.17) is 0 Å². The van der Waals surface area contributed by atoms with Gasteiger partial charge < -0.3 is 10.2 Å². The maximum Gasteiger partial charge on any atom is 0.416 e. The van der Waals surface area contributed by atoms with Gasteiger partial charge in [-0.15, -0.1) is 0 Å². The lowest BCUT2D eigenvalue weighted by atomic mass is 9.71. The highest BCUT2D eigenvalue weighted by molar-refractivity contribution is 5.81. The SMILES string of the molecule is Cc1cc(-c2ccc3c(c2O)[C@]2(CC3(C)C)CC(C)(C)c3ccc(-c4cc(C(F)(F)F)cc(C(F)(F)F)c4)c(O)c32)cc(C(F)(F)F)c1. The highest BCUT2D eigenvalue weighted by Gasteiger charge is 2.59. The molecule has 0 heterocycles. The molecule has 1 spiro atoms. The lowest BCUT2D eigenvalue weighted by Gasteiger charge is -2.32. The molecule has 0 amide bonds. The summed E-state index contributed by atoms with van der Waals surface area (Å²) >= 11 is 0. The highest BCUT2D eigenvalue weighted by Crippen LogP contribution is 2.67. The molecule has 0 aliphatic heterocycles. The number of aryl methyl sites for hydroxylation is 1. The summed E-state index contributed by atoms with van der Waals surface area (Å²) in [5.74, 6) is -0.822. The van der Waals surface area contributed by atoms with Crippen molar-refractivity contribution >= 4 is 0 Å². The van der Waals surface area contributed by atoms with E-state index in [9.17, 15) is 49.7 Å². The molecule has 0 fully saturated rings. The summed E-state index contributed by atoms with van der Waals surface area (Å²) in [5.41, 5.74) is -4.83. The van der Waals surface area contributed by atoms with Gasteiger partial charge >= 0.3 is 18.5 Å². The fraction of sp³-hybridized carbons (Fsp3) is 0.351. The van der Waals surface area contributed by atoms with Crippen LogP contribution in [0.4, 0.5) is 39.5 Å². The number of aromatic hydroxyl groups is 2. The minimum Gasteiger partial charge on any atom is -0.507 e. The zero-order chi connectivity index (χ0) is 35.6. The average Bonchev–Trinajstić information content (AvgIpc) is 3.31. The molecule has 0 bridgehead atoms. The molecule has 11 heteroatoms. The first kappa shape index (κ1) is 33.7. The van der Waals surface area contributed by atoms with Crippen molar-refractivity contribution in [2.75, 3.05) is 0 Å². The number of phenolic OH excluding ortho intramolecular Hbond substituents is 2. The molecule has 0 radical (unpaired) electrons. The summed E-state index contributed by atoms with van der Waals surface area (Å²) in [4.78, 5) is 0. The molecular weight excluding hydrogens is 647 g/mol. The third-order valence-corrected chi connectivity index (χ3v) is 9.87. The van der Waals surface area contributed by atoms with Crippen molar-refractivity contribution in [1.29, 1.82) is 0 Å². The van der Waals surface area contributed by atoms with Crippen LogP contribution in [0.2, 0.25) is 0 Å². The zero-order valence-electron chi connectivity index (χ0n) is 26.5. The number of hydrogen-bond donors (Lipinski definition) is 2. The van der Waals surface area contributed by atoms with Crippen LogP contribution in [-0.4, -0.2) is 10.2 Å². The molecule has 0 saturated carbocycles. The summed E-state index contributed by atoms with van der Waals surface area (Å²) in [6.07, 6.45) is -14.3. The van der Waals surface area contributed by atoms with Gasteiger partial charge in [0.2, 0.25) is 0 Å². The fourth-order valence-corrected chi connectivity index (χ4v) is 8.20. The summed E-state index contributed by atoms with van der Waals surface area (Å²) in [6, 6.07) is 10.7. The Morgan fingerprint density at radius 3 is 1.25 bits per heavy atom. The fourth-order valence-electron chi connectivity index (χ4n) is 8.20. The second-order valence-electron chi connectivity index (χ2n) is 14.4. The molecule has 2 aliphatic carbocycles. The molecule has 0 unspecified atom stereocenters. The van der Waals surface area contributed by atoms with Crippen molar-refractivity contribution in [2.24, 2.45) is 0 Å². The molecule has 4 aromatic rings. The molecule has 0 saturated heterocycles. The predicted octanol–water partition coefficient (Wildman–Crippen LogP) is 11.4. The Bertz CT molecular complexity index is 1940. The van der Waals surface area contributed by atoms with Crippen LogP contribution in [0.3, 0.4) is 0 Å². The number of alkyl halides is 9. The van der Waals surface area contributed by atoms with Gasteiger partial charge in [-0.2, -0.15) is 39.5 Å². The number of rotatable bonds is 2. The first-order valence-corrected chi connectivity index (χ1v) is 15.1. The third kappa shape index (κ3) is 5.20. The van der Waals surface area contributed by atoms with E-state index >= 15 is 0 Å². The molecule has 2 aliphatic rings. The van der Waals surface area contributed by atoms with E-state index in [1.165, 1.54) is 19.1 Å². The Morgan fingerprint density at radius 1 is 0.521 bits per heavy atom. The van der Waals surface area contributed by atoms with Crippen LogP contribution in [0.15, 0.2) is 60.7 Å². The summed E-state index contributed by atoms with van der Waals surface area (Å²) in [6.45, 7) is 9.08. The standard InChI is InChI=1S/C37H31F9O2/c1-18-10-19(12-21(11-18)35(38,39)40)24-6-8-26-28(30(24)47)34(16-32(26,2)3)17-33(4,5)27-9-7-25(31(48)29(27)34)20-13-22(36(41,42)43)15-23(14-20)37(44,45)46/h6-15,47-48H,16-17H2,1-5H3/t34-/m0/s1. The Hall–Kier alpha value is -4.15. The van der Waals surface area contributed by atoms with E-state index in [0.717, 1.165) is 12.1 Å². The molecule has 1 atom stereocenters. The van der Waals surface area contributed by atoms with Gasteiger partial charge in [-0.3, -0.25) is 0 Å². The van der Waals surface area contributed by atoms with Gasteiger partial charge in [-0.05, 0) is 88.7 Å². The van der Waals surface area contributed by atoms with Gasteiger partial charge in [0.1, 0.15) is 11.5 Å². The Labute approximate surface area is 270 Å². The van der Waals surface area contributed by atoms with Crippen LogP contribution in [0.25, 0.3) is 22.3 Å². The number of hydrogen-bond acceptors (Lipinski definition) is 2. The minimum absolute atomic E-state index is 0.0172. The Balaban J connectivity index is 1.64. The van der Waals surface area contributed by atoms with Gasteiger partial charge in [-0.25, -0.2) is 0 Å². The third-order valence-electron chi connectivity index (χ3n) is 9.87. The van der Waals surface area contributed by atoms with Gasteiger partial charge in [0.05, 0.1) is 16.7 Å². The number of fused-ring (bicyclic) bond motifs is 4. The molecule has 6 rings (SSSR count). The van der Waals surface area contributed by atoms with Crippen LogP contribution in [-0.2, 0) is 34.8 Å². The van der Waals surface area contributed by atoms with E-state index in [0.29, 0.717) is 34.4 Å². The highest BCUT2D eigenvalue weighted by atomic mass is 19.4. The van der Waals surface area contributed by atoms with E-state index in [1.807, 2.05) is 27.7 Å². The maximum absolute atomic E-state index is 13.8. The van der Waals surface area contributed by atoms with Crippen LogP contribution < -0.4 is 0 Å². The van der Waals surface area contributed by atoms with Gasteiger partial charge in [0.25, 0.3) is 0 Å². The Kier molecular flexibility index (Phi) is 7.16. The van der Waals surface area contributed by atoms with Crippen molar-refractivity contribution < 1.29 is 49.7 Å². The van der Waals surface area contributed by atoms with Crippen LogP contribution in [0.1, 0.15) is 85.0 Å². The summed E-state index contributed by atoms with van der Waals surface area (Å²) < 4.78 is 124. The van der Waals surface area contributed by atoms with E-state index in [2.05, 4.69) is 0 Å². The number of phenols is 2. The summed E-state index contributed by atoms with van der Waals surface area (Å²) in [7, 11) is 0. The maximum atomic E-state index is 13.8. The molecule has 254 valence electrons. The Morgan fingerprint density at radius 2 is 0.875 bits per heavy atom. The van der Waals surface area contributed by atoms with Crippen LogP contribution >= 0.6 is 0 Å². The molecule has 0 aromatic heterocycles. The van der Waals surface area contributed by atoms with E-state index in [1.54, 1.807) is 18.2 Å². The van der Waals surface area contributed by atoms with E-state index < -0.39 is 62.8 Å². The normalized spacial score (nSPS) is 19.9. The number of halogens is 9. The molecular formula is C37H31F9O2. The van der Waals surface area contributed by atoms with Crippen molar-refractivity contribution in [3.8, 4) is 33.8 Å². The summed E-state index contributed by atoms with van der Waals surface area (Å²) in [5, 5.41) is 24.0. The monoisotopic (exact) mass is 678 g/mol. The second-order valence-corrected chi connectivity index (χ2v) is 14.4. The van der Waals surface area contributed by atoms with Gasteiger partial charge in [0.15, 0.2) is 0 Å². The first-order valence-electron chi connectivity index (χ1n) is 15.1. The molecule has 2 N–H and O–H groups in total. The largest absolute Gasteiger partial charge is 0.507 e. The smallest absolute Gasteiger partial charge is 0.416 e. The predicted molar refractivity (Wildman–Crippen MR) is 163 cm³/mol. The number of benzene rings is 4. The first-order chi connectivity index (χ1) is 21.9. The average molecular weight is 679 g/mol. The lowest BCUT2D eigenvalue weighted by Crippen LogP contribution is -2.27. The molecule has 2 nitrogen and oxygen atoms in total.